The molecule has 0 radical (unpaired) electrons. The Morgan fingerprint density at radius 1 is 1.20 bits per heavy atom. The second-order valence-corrected chi connectivity index (χ2v) is 6.88. The zero-order valence-electron chi connectivity index (χ0n) is 16.4. The number of carbonyl (C=O) groups excluding carboxylic acids is 2. The lowest BCUT2D eigenvalue weighted by Gasteiger charge is -2.28. The Bertz CT molecular complexity index is 1230. The number of ether oxygens (including phenoxy) is 1. The topological polar surface area (TPSA) is 88.9 Å². The second kappa shape index (κ2) is 7.87. The van der Waals surface area contributed by atoms with Crippen LogP contribution < -0.4 is 20.4 Å². The minimum atomic E-state index is -0.563. The number of nitrogens with zero attached hydrogens (tertiary/aromatic N) is 1. The summed E-state index contributed by atoms with van der Waals surface area (Å²) >= 11 is 0. The van der Waals surface area contributed by atoms with Gasteiger partial charge in [0.15, 0.2) is 17.8 Å². The van der Waals surface area contributed by atoms with Crippen molar-refractivity contribution in [2.24, 2.45) is 0 Å². The summed E-state index contributed by atoms with van der Waals surface area (Å²) in [7, 11) is 0. The fourth-order valence-electron chi connectivity index (χ4n) is 3.34. The maximum Gasteiger partial charge on any atom is 0.291 e. The average Bonchev–Trinajstić information content (AvgIpc) is 2.75. The summed E-state index contributed by atoms with van der Waals surface area (Å²) in [6, 6.07) is 11.5. The van der Waals surface area contributed by atoms with Gasteiger partial charge in [-0.1, -0.05) is 19.1 Å². The van der Waals surface area contributed by atoms with E-state index < -0.39 is 5.91 Å². The van der Waals surface area contributed by atoms with E-state index in [2.05, 4.69) is 11.9 Å². The van der Waals surface area contributed by atoms with Crippen LogP contribution in [0.15, 0.2) is 64.3 Å². The molecule has 2 aromatic carbocycles. The fraction of sp³-hybridized carbons (Fsp3) is 0.174. The molecule has 30 heavy (non-hydrogen) atoms. The smallest absolute Gasteiger partial charge is 0.291 e. The van der Waals surface area contributed by atoms with Gasteiger partial charge in [-0.15, -0.1) is 6.58 Å². The molecule has 3 aromatic rings. The minimum absolute atomic E-state index is 0.0471. The molecular weight excluding hydrogens is 384 g/mol. The van der Waals surface area contributed by atoms with Crippen LogP contribution in [-0.2, 0) is 11.2 Å². The first-order valence-corrected chi connectivity index (χ1v) is 9.56. The van der Waals surface area contributed by atoms with Gasteiger partial charge in [0, 0.05) is 18.3 Å². The van der Waals surface area contributed by atoms with Gasteiger partial charge in [0.1, 0.15) is 11.3 Å². The third kappa shape index (κ3) is 3.57. The van der Waals surface area contributed by atoms with Gasteiger partial charge in [0.25, 0.3) is 11.8 Å². The molecule has 7 nitrogen and oxygen atoms in total. The van der Waals surface area contributed by atoms with Gasteiger partial charge in [-0.25, -0.2) is 0 Å². The molecule has 0 bridgehead atoms. The summed E-state index contributed by atoms with van der Waals surface area (Å²) in [6.07, 6.45) is 2.41. The van der Waals surface area contributed by atoms with Crippen LogP contribution in [-0.4, -0.2) is 25.0 Å². The summed E-state index contributed by atoms with van der Waals surface area (Å²) in [5.74, 6) is -0.312. The van der Waals surface area contributed by atoms with E-state index in [1.807, 2.05) is 13.0 Å². The molecule has 0 saturated carbocycles. The first kappa shape index (κ1) is 19.4. The van der Waals surface area contributed by atoms with Crippen LogP contribution >= 0.6 is 0 Å². The largest absolute Gasteiger partial charge is 0.482 e. The standard InChI is InChI=1S/C23H20N2O5/c1-3-9-25-17-11-15(6-8-20(17)29-13-22(25)27)24-23(28)21-12-18(26)16-10-14(4-2)5-7-19(16)30-21/h3,5-8,10-12H,1,4,9,13H2,2H3,(H,24,28). The molecule has 0 aliphatic carbocycles. The maximum atomic E-state index is 12.7. The highest BCUT2D eigenvalue weighted by Gasteiger charge is 2.25. The number of hydrogen-bond acceptors (Lipinski definition) is 5. The monoisotopic (exact) mass is 404 g/mol. The van der Waals surface area contributed by atoms with Crippen LogP contribution in [0.4, 0.5) is 11.4 Å². The Kier molecular flexibility index (Phi) is 5.10. The third-order valence-electron chi connectivity index (χ3n) is 4.90. The van der Waals surface area contributed by atoms with Crippen molar-refractivity contribution in [3.63, 3.8) is 0 Å². The molecule has 7 heteroatoms. The zero-order chi connectivity index (χ0) is 21.3. The van der Waals surface area contributed by atoms with Crippen molar-refractivity contribution in [2.45, 2.75) is 13.3 Å². The Balaban J connectivity index is 1.64. The molecule has 2 amide bonds. The first-order valence-electron chi connectivity index (χ1n) is 9.56. The molecule has 152 valence electrons. The number of rotatable bonds is 5. The lowest BCUT2D eigenvalue weighted by atomic mass is 10.1. The minimum Gasteiger partial charge on any atom is -0.482 e. The lowest BCUT2D eigenvalue weighted by molar-refractivity contribution is -0.121. The van der Waals surface area contributed by atoms with E-state index in [-0.39, 0.29) is 23.7 Å². The van der Waals surface area contributed by atoms with Gasteiger partial charge < -0.3 is 19.4 Å². The number of carbonyl (C=O) groups is 2. The molecule has 0 atom stereocenters. The highest BCUT2D eigenvalue weighted by molar-refractivity contribution is 6.04. The molecule has 0 fully saturated rings. The number of nitrogens with one attached hydrogen (secondary N) is 1. The Labute approximate surface area is 172 Å². The van der Waals surface area contributed by atoms with Crippen molar-refractivity contribution in [3.8, 4) is 5.75 Å². The van der Waals surface area contributed by atoms with Crippen molar-refractivity contribution in [1.82, 2.24) is 0 Å². The number of fused-ring (bicyclic) bond motifs is 2. The van der Waals surface area contributed by atoms with E-state index >= 15 is 0 Å². The molecule has 1 aromatic heterocycles. The van der Waals surface area contributed by atoms with Gasteiger partial charge >= 0.3 is 0 Å². The van der Waals surface area contributed by atoms with Crippen molar-refractivity contribution in [1.29, 1.82) is 0 Å². The van der Waals surface area contributed by atoms with Crippen molar-refractivity contribution < 1.29 is 18.7 Å². The van der Waals surface area contributed by atoms with Crippen LogP contribution in [0.2, 0.25) is 0 Å². The molecule has 1 N–H and O–H groups in total. The summed E-state index contributed by atoms with van der Waals surface area (Å²) in [6.45, 7) is 5.95. The Morgan fingerprint density at radius 3 is 2.80 bits per heavy atom. The van der Waals surface area contributed by atoms with Crippen molar-refractivity contribution in [3.05, 3.63) is 76.7 Å². The highest BCUT2D eigenvalue weighted by atomic mass is 16.5. The Morgan fingerprint density at radius 2 is 2.03 bits per heavy atom. The second-order valence-electron chi connectivity index (χ2n) is 6.88. The summed E-state index contributed by atoms with van der Waals surface area (Å²) in [4.78, 5) is 38.8. The number of anilines is 2. The van der Waals surface area contributed by atoms with E-state index in [0.29, 0.717) is 34.6 Å². The summed E-state index contributed by atoms with van der Waals surface area (Å²) < 4.78 is 11.1. The average molecular weight is 404 g/mol. The molecule has 1 aliphatic rings. The predicted molar refractivity (Wildman–Crippen MR) is 114 cm³/mol. The van der Waals surface area contributed by atoms with E-state index in [1.165, 1.54) is 11.0 Å². The van der Waals surface area contributed by atoms with Crippen molar-refractivity contribution in [2.75, 3.05) is 23.4 Å². The van der Waals surface area contributed by atoms with Gasteiger partial charge in [0.05, 0.1) is 11.1 Å². The van der Waals surface area contributed by atoms with Gasteiger partial charge in [-0.2, -0.15) is 0 Å². The predicted octanol–water partition coefficient (Wildman–Crippen LogP) is 3.52. The fourth-order valence-corrected chi connectivity index (χ4v) is 3.34. The lowest BCUT2D eigenvalue weighted by Crippen LogP contribution is -2.38. The Hall–Kier alpha value is -3.87. The third-order valence-corrected chi connectivity index (χ3v) is 4.90. The SMILES string of the molecule is C=CCN1C(=O)COc2ccc(NC(=O)c3cc(=O)c4cc(CC)ccc4o3)cc21. The summed E-state index contributed by atoms with van der Waals surface area (Å²) in [5.41, 5.74) is 2.07. The van der Waals surface area contributed by atoms with E-state index in [0.717, 1.165) is 12.0 Å². The molecule has 1 aliphatic heterocycles. The van der Waals surface area contributed by atoms with E-state index in [4.69, 9.17) is 9.15 Å². The quantitative estimate of drug-likeness (QED) is 0.658. The molecule has 4 rings (SSSR count). The van der Waals surface area contributed by atoms with Gasteiger partial charge in [0.2, 0.25) is 0 Å². The normalized spacial score (nSPS) is 13.0. The van der Waals surface area contributed by atoms with Gasteiger partial charge in [-0.3, -0.25) is 14.4 Å². The zero-order valence-corrected chi connectivity index (χ0v) is 16.4. The van der Waals surface area contributed by atoms with E-state index in [1.54, 1.807) is 36.4 Å². The summed E-state index contributed by atoms with van der Waals surface area (Å²) in [5, 5.41) is 3.15. The van der Waals surface area contributed by atoms with Crippen LogP contribution in [0, 0.1) is 0 Å². The highest BCUT2D eigenvalue weighted by Crippen LogP contribution is 2.34. The molecule has 0 unspecified atom stereocenters. The number of hydrogen-bond donors (Lipinski definition) is 1. The molecular formula is C23H20N2O5. The van der Waals surface area contributed by atoms with Crippen LogP contribution in [0.25, 0.3) is 11.0 Å². The number of benzene rings is 2. The van der Waals surface area contributed by atoms with Crippen LogP contribution in [0.1, 0.15) is 23.0 Å². The van der Waals surface area contributed by atoms with Gasteiger partial charge in [-0.05, 0) is 42.3 Å². The van der Waals surface area contributed by atoms with Crippen LogP contribution in [0.3, 0.4) is 0 Å². The van der Waals surface area contributed by atoms with E-state index in [9.17, 15) is 14.4 Å². The molecule has 2 heterocycles. The maximum absolute atomic E-state index is 12.7. The number of aryl methyl sites for hydroxylation is 1. The first-order chi connectivity index (χ1) is 14.5. The van der Waals surface area contributed by atoms with Crippen molar-refractivity contribution >= 4 is 34.2 Å². The molecule has 0 saturated heterocycles. The van der Waals surface area contributed by atoms with Crippen LogP contribution in [0.5, 0.6) is 5.75 Å². The molecule has 0 spiro atoms. The number of amides is 2.